The van der Waals surface area contributed by atoms with E-state index in [4.69, 9.17) is 9.47 Å². The maximum absolute atomic E-state index is 12.5. The first-order valence-corrected chi connectivity index (χ1v) is 9.74. The van der Waals surface area contributed by atoms with Crippen LogP contribution < -0.4 is 10.1 Å². The van der Waals surface area contributed by atoms with Gasteiger partial charge >= 0.3 is 5.97 Å². The smallest absolute Gasteiger partial charge is 0.363 e. The van der Waals surface area contributed by atoms with Crippen molar-refractivity contribution in [3.8, 4) is 11.4 Å². The Hall–Kier alpha value is -3.61. The second-order valence-electron chi connectivity index (χ2n) is 6.84. The van der Waals surface area contributed by atoms with E-state index in [9.17, 15) is 9.59 Å². The van der Waals surface area contributed by atoms with E-state index in [-0.39, 0.29) is 23.4 Å². The number of benzene rings is 2. The van der Waals surface area contributed by atoms with Gasteiger partial charge in [-0.05, 0) is 31.0 Å². The molecule has 1 atom stereocenters. The lowest BCUT2D eigenvalue weighted by molar-refractivity contribution is -0.125. The molecule has 0 aliphatic rings. The van der Waals surface area contributed by atoms with E-state index in [1.54, 1.807) is 6.20 Å². The van der Waals surface area contributed by atoms with Gasteiger partial charge in [-0.15, -0.1) is 0 Å². The van der Waals surface area contributed by atoms with Gasteiger partial charge in [-0.3, -0.25) is 4.79 Å². The first-order chi connectivity index (χ1) is 14.5. The number of carbonyl (C=O) groups is 2. The first kappa shape index (κ1) is 21.1. The fourth-order valence-corrected chi connectivity index (χ4v) is 3.02. The molecule has 3 aromatic rings. The van der Waals surface area contributed by atoms with Crippen molar-refractivity contribution in [2.24, 2.45) is 0 Å². The molecule has 1 heterocycles. The van der Waals surface area contributed by atoms with Gasteiger partial charge in [0.2, 0.25) is 5.69 Å². The molecule has 1 aromatic heterocycles. The average molecular weight is 407 g/mol. The number of aromatic nitrogens is 2. The highest BCUT2D eigenvalue weighted by molar-refractivity contribution is 5.92. The molecule has 0 radical (unpaired) electrons. The van der Waals surface area contributed by atoms with Crippen LogP contribution in [0.1, 0.15) is 41.0 Å². The molecule has 1 N–H and O–H groups in total. The van der Waals surface area contributed by atoms with E-state index in [2.05, 4.69) is 10.4 Å². The Kier molecular flexibility index (Phi) is 6.85. The van der Waals surface area contributed by atoms with E-state index in [1.165, 1.54) is 11.8 Å². The summed E-state index contributed by atoms with van der Waals surface area (Å²) >= 11 is 0. The SMILES string of the molecule is CC[C@@H](NC(=O)COC(=O)c1nn(-c2ccccc2)cc1OC)c1ccc(C)cc1. The van der Waals surface area contributed by atoms with Crippen molar-refractivity contribution < 1.29 is 19.1 Å². The molecule has 0 unspecified atom stereocenters. The molecule has 156 valence electrons. The number of hydrogen-bond donors (Lipinski definition) is 1. The molecule has 0 saturated heterocycles. The summed E-state index contributed by atoms with van der Waals surface area (Å²) < 4.78 is 11.9. The molecule has 3 rings (SSSR count). The van der Waals surface area contributed by atoms with Crippen LogP contribution in [0, 0.1) is 6.92 Å². The van der Waals surface area contributed by atoms with Gasteiger partial charge in [0.05, 0.1) is 25.0 Å². The topological polar surface area (TPSA) is 82.5 Å². The van der Waals surface area contributed by atoms with Crippen LogP contribution in [0.15, 0.2) is 60.8 Å². The average Bonchev–Trinajstić information content (AvgIpc) is 3.22. The van der Waals surface area contributed by atoms with E-state index in [0.717, 1.165) is 23.2 Å². The van der Waals surface area contributed by atoms with Crippen LogP contribution in [0.4, 0.5) is 0 Å². The molecule has 0 aliphatic heterocycles. The van der Waals surface area contributed by atoms with Crippen molar-refractivity contribution in [1.29, 1.82) is 0 Å². The Morgan fingerprint density at radius 1 is 1.10 bits per heavy atom. The van der Waals surface area contributed by atoms with Crippen molar-refractivity contribution >= 4 is 11.9 Å². The highest BCUT2D eigenvalue weighted by atomic mass is 16.5. The number of esters is 1. The molecule has 7 heteroatoms. The summed E-state index contributed by atoms with van der Waals surface area (Å²) in [6, 6.07) is 17.1. The second kappa shape index (κ2) is 9.73. The summed E-state index contributed by atoms with van der Waals surface area (Å²) in [4.78, 5) is 24.8. The summed E-state index contributed by atoms with van der Waals surface area (Å²) in [6.07, 6.45) is 2.31. The number of amides is 1. The Balaban J connectivity index is 1.62. The molecule has 0 aliphatic carbocycles. The monoisotopic (exact) mass is 407 g/mol. The molecule has 0 fully saturated rings. The molecule has 30 heavy (non-hydrogen) atoms. The number of hydrogen-bond acceptors (Lipinski definition) is 5. The Labute approximate surface area is 175 Å². The molecule has 1 amide bonds. The zero-order valence-electron chi connectivity index (χ0n) is 17.3. The van der Waals surface area contributed by atoms with Crippen molar-refractivity contribution in [1.82, 2.24) is 15.1 Å². The quantitative estimate of drug-likeness (QED) is 0.577. The van der Waals surface area contributed by atoms with Gasteiger partial charge < -0.3 is 14.8 Å². The third-order valence-electron chi connectivity index (χ3n) is 4.67. The normalized spacial score (nSPS) is 11.6. The summed E-state index contributed by atoms with van der Waals surface area (Å²) in [6.45, 7) is 3.59. The van der Waals surface area contributed by atoms with Gasteiger partial charge in [0, 0.05) is 0 Å². The third-order valence-corrected chi connectivity index (χ3v) is 4.67. The van der Waals surface area contributed by atoms with Crippen LogP contribution in [-0.4, -0.2) is 35.4 Å². The lowest BCUT2D eigenvalue weighted by Crippen LogP contribution is -2.32. The highest BCUT2D eigenvalue weighted by Gasteiger charge is 2.21. The predicted molar refractivity (Wildman–Crippen MR) is 113 cm³/mol. The molecular formula is C23H25N3O4. The molecule has 2 aromatic carbocycles. The maximum atomic E-state index is 12.5. The fraction of sp³-hybridized carbons (Fsp3) is 0.261. The second-order valence-corrected chi connectivity index (χ2v) is 6.84. The minimum absolute atomic E-state index is 0.0136. The number of aryl methyl sites for hydroxylation is 1. The number of ether oxygens (including phenoxy) is 2. The number of nitrogens with one attached hydrogen (secondary N) is 1. The van der Waals surface area contributed by atoms with E-state index in [0.29, 0.717) is 0 Å². The van der Waals surface area contributed by atoms with Crippen LogP contribution in [0.2, 0.25) is 0 Å². The lowest BCUT2D eigenvalue weighted by Gasteiger charge is -2.17. The van der Waals surface area contributed by atoms with E-state index >= 15 is 0 Å². The summed E-state index contributed by atoms with van der Waals surface area (Å²) in [7, 11) is 1.45. The van der Waals surface area contributed by atoms with Gasteiger partial charge in [0.15, 0.2) is 12.4 Å². The third kappa shape index (κ3) is 5.05. The first-order valence-electron chi connectivity index (χ1n) is 9.74. The van der Waals surface area contributed by atoms with Crippen LogP contribution in [0.5, 0.6) is 5.75 Å². The summed E-state index contributed by atoms with van der Waals surface area (Å²) in [5, 5.41) is 7.14. The van der Waals surface area contributed by atoms with Gasteiger partial charge in [-0.1, -0.05) is 55.0 Å². The lowest BCUT2D eigenvalue weighted by atomic mass is 10.0. The number of para-hydroxylation sites is 1. The van der Waals surface area contributed by atoms with Crippen molar-refractivity contribution in [2.45, 2.75) is 26.3 Å². The van der Waals surface area contributed by atoms with Crippen LogP contribution in [-0.2, 0) is 9.53 Å². The molecule has 7 nitrogen and oxygen atoms in total. The number of nitrogens with zero attached hydrogens (tertiary/aromatic N) is 2. The molecule has 0 saturated carbocycles. The minimum atomic E-state index is -0.722. The fourth-order valence-electron chi connectivity index (χ4n) is 3.02. The summed E-state index contributed by atoms with van der Waals surface area (Å²) in [5.74, 6) is -0.826. The van der Waals surface area contributed by atoms with Crippen LogP contribution >= 0.6 is 0 Å². The van der Waals surface area contributed by atoms with Gasteiger partial charge in [0.1, 0.15) is 0 Å². The predicted octanol–water partition coefficient (Wildman–Crippen LogP) is 3.61. The zero-order valence-corrected chi connectivity index (χ0v) is 17.3. The Morgan fingerprint density at radius 2 is 1.80 bits per heavy atom. The summed E-state index contributed by atoms with van der Waals surface area (Å²) in [5.41, 5.74) is 2.94. The molecule has 0 bridgehead atoms. The number of methoxy groups -OCH3 is 1. The highest BCUT2D eigenvalue weighted by Crippen LogP contribution is 2.20. The number of rotatable bonds is 8. The van der Waals surface area contributed by atoms with Crippen LogP contribution in [0.25, 0.3) is 5.69 Å². The molecule has 0 spiro atoms. The van der Waals surface area contributed by atoms with Crippen LogP contribution in [0.3, 0.4) is 0 Å². The van der Waals surface area contributed by atoms with E-state index in [1.807, 2.05) is 68.4 Å². The Bertz CT molecular complexity index is 997. The van der Waals surface area contributed by atoms with E-state index < -0.39 is 12.6 Å². The van der Waals surface area contributed by atoms with Crippen molar-refractivity contribution in [3.05, 3.63) is 77.6 Å². The van der Waals surface area contributed by atoms with Gasteiger partial charge in [-0.2, -0.15) is 5.10 Å². The van der Waals surface area contributed by atoms with Crippen molar-refractivity contribution in [3.63, 3.8) is 0 Å². The van der Waals surface area contributed by atoms with Gasteiger partial charge in [-0.25, -0.2) is 9.48 Å². The standard InChI is InChI=1S/C23H25N3O4/c1-4-19(17-12-10-16(2)11-13-17)24-21(27)15-30-23(28)22-20(29-3)14-26(25-22)18-8-6-5-7-9-18/h5-14,19H,4,15H2,1-3H3,(H,24,27)/t19-/m1/s1. The number of carbonyl (C=O) groups excluding carboxylic acids is 2. The molecular weight excluding hydrogens is 382 g/mol. The maximum Gasteiger partial charge on any atom is 0.363 e. The zero-order chi connectivity index (χ0) is 21.5. The van der Waals surface area contributed by atoms with Gasteiger partial charge in [0.25, 0.3) is 5.91 Å². The van der Waals surface area contributed by atoms with Crippen molar-refractivity contribution in [2.75, 3.05) is 13.7 Å². The Morgan fingerprint density at radius 3 is 2.43 bits per heavy atom. The largest absolute Gasteiger partial charge is 0.493 e. The minimum Gasteiger partial charge on any atom is -0.493 e.